The standard InChI is InChI=1S/C14H18N2O4/c17-12-8-3-1-2-5-9(12)16-13(18)10-6-4-7-11(15-10)14(19)20/h4,6-7,9,12,17H,1-3,5,8H2,(H,16,18)(H,19,20). The third-order valence-corrected chi connectivity index (χ3v) is 3.50. The van der Waals surface area contributed by atoms with Crippen LogP contribution in [0.4, 0.5) is 0 Å². The molecule has 0 spiro atoms. The van der Waals surface area contributed by atoms with Gasteiger partial charge in [0.2, 0.25) is 0 Å². The van der Waals surface area contributed by atoms with Gasteiger partial charge >= 0.3 is 5.97 Å². The Hall–Kier alpha value is -1.95. The first-order chi connectivity index (χ1) is 9.58. The molecule has 1 aliphatic carbocycles. The molecule has 2 rings (SSSR count). The molecule has 1 saturated carbocycles. The van der Waals surface area contributed by atoms with Gasteiger partial charge in [0.05, 0.1) is 12.1 Å². The number of carbonyl (C=O) groups excluding carboxylic acids is 1. The molecule has 1 aliphatic rings. The third-order valence-electron chi connectivity index (χ3n) is 3.50. The molecule has 2 unspecified atom stereocenters. The lowest BCUT2D eigenvalue weighted by atomic mass is 10.1. The summed E-state index contributed by atoms with van der Waals surface area (Å²) in [5.74, 6) is -1.62. The Morgan fingerprint density at radius 2 is 1.85 bits per heavy atom. The number of carbonyl (C=O) groups is 2. The number of aromatic nitrogens is 1. The van der Waals surface area contributed by atoms with Gasteiger partial charge in [-0.05, 0) is 25.0 Å². The van der Waals surface area contributed by atoms with Gasteiger partial charge in [-0.15, -0.1) is 0 Å². The van der Waals surface area contributed by atoms with Crippen LogP contribution < -0.4 is 5.32 Å². The minimum absolute atomic E-state index is 0.0568. The van der Waals surface area contributed by atoms with Gasteiger partial charge in [-0.3, -0.25) is 4.79 Å². The van der Waals surface area contributed by atoms with Crippen LogP contribution in [0.15, 0.2) is 18.2 Å². The molecule has 1 heterocycles. The van der Waals surface area contributed by atoms with Gasteiger partial charge in [0.1, 0.15) is 11.4 Å². The van der Waals surface area contributed by atoms with E-state index in [1.165, 1.54) is 18.2 Å². The van der Waals surface area contributed by atoms with E-state index in [1.807, 2.05) is 0 Å². The lowest BCUT2D eigenvalue weighted by molar-refractivity contribution is 0.0690. The smallest absolute Gasteiger partial charge is 0.354 e. The molecule has 1 fully saturated rings. The molecule has 6 heteroatoms. The van der Waals surface area contributed by atoms with Crippen LogP contribution in [0.3, 0.4) is 0 Å². The van der Waals surface area contributed by atoms with Crippen LogP contribution in [-0.2, 0) is 0 Å². The van der Waals surface area contributed by atoms with Crippen LogP contribution in [0.5, 0.6) is 0 Å². The fourth-order valence-electron chi connectivity index (χ4n) is 2.38. The molecule has 6 nitrogen and oxygen atoms in total. The van der Waals surface area contributed by atoms with Crippen LogP contribution in [0, 0.1) is 0 Å². The van der Waals surface area contributed by atoms with Gasteiger partial charge in [0, 0.05) is 0 Å². The average molecular weight is 278 g/mol. The summed E-state index contributed by atoms with van der Waals surface area (Å²) in [6.07, 6.45) is 3.82. The summed E-state index contributed by atoms with van der Waals surface area (Å²) in [7, 11) is 0. The van der Waals surface area contributed by atoms with Crippen LogP contribution in [0.25, 0.3) is 0 Å². The number of aliphatic hydroxyl groups excluding tert-OH is 1. The zero-order valence-corrected chi connectivity index (χ0v) is 11.1. The highest BCUT2D eigenvalue weighted by Crippen LogP contribution is 2.18. The van der Waals surface area contributed by atoms with Crippen LogP contribution in [-0.4, -0.2) is 39.2 Å². The van der Waals surface area contributed by atoms with E-state index in [9.17, 15) is 14.7 Å². The third kappa shape index (κ3) is 3.54. The van der Waals surface area contributed by atoms with Gasteiger partial charge in [-0.2, -0.15) is 0 Å². The summed E-state index contributed by atoms with van der Waals surface area (Å²) < 4.78 is 0. The summed E-state index contributed by atoms with van der Waals surface area (Å²) in [5, 5.41) is 21.6. The van der Waals surface area contributed by atoms with Crippen molar-refractivity contribution in [2.75, 3.05) is 0 Å². The number of hydrogen-bond donors (Lipinski definition) is 3. The SMILES string of the molecule is O=C(O)c1cccc(C(=O)NC2CCCCCC2O)n1. The lowest BCUT2D eigenvalue weighted by Crippen LogP contribution is -2.43. The number of pyridine rings is 1. The monoisotopic (exact) mass is 278 g/mol. The summed E-state index contributed by atoms with van der Waals surface area (Å²) in [6, 6.07) is 3.99. The van der Waals surface area contributed by atoms with Crippen LogP contribution in [0.2, 0.25) is 0 Å². The molecule has 0 radical (unpaired) electrons. The van der Waals surface area contributed by atoms with E-state index in [-0.39, 0.29) is 17.4 Å². The maximum atomic E-state index is 12.1. The van der Waals surface area contributed by atoms with Gasteiger partial charge in [-0.25, -0.2) is 9.78 Å². The highest BCUT2D eigenvalue weighted by Gasteiger charge is 2.24. The number of aliphatic hydroxyl groups is 1. The quantitative estimate of drug-likeness (QED) is 0.721. The molecule has 3 N–H and O–H groups in total. The topological polar surface area (TPSA) is 99.5 Å². The average Bonchev–Trinajstić information content (AvgIpc) is 2.64. The number of nitrogens with zero attached hydrogens (tertiary/aromatic N) is 1. The van der Waals surface area contributed by atoms with E-state index in [4.69, 9.17) is 5.11 Å². The number of amides is 1. The number of aromatic carboxylic acids is 1. The number of nitrogens with one attached hydrogen (secondary N) is 1. The van der Waals surface area contributed by atoms with Crippen molar-refractivity contribution in [3.63, 3.8) is 0 Å². The normalized spacial score (nSPS) is 22.9. The molecule has 1 aromatic rings. The number of carboxylic acid groups (broad SMARTS) is 1. The molecule has 0 bridgehead atoms. The predicted octanol–water partition coefficient (Wildman–Crippen LogP) is 1.20. The molecular formula is C14H18N2O4. The van der Waals surface area contributed by atoms with Crippen molar-refractivity contribution in [3.05, 3.63) is 29.6 Å². The van der Waals surface area contributed by atoms with E-state index < -0.39 is 18.0 Å². The fourth-order valence-corrected chi connectivity index (χ4v) is 2.38. The van der Waals surface area contributed by atoms with Crippen molar-refractivity contribution in [2.24, 2.45) is 0 Å². The molecular weight excluding hydrogens is 260 g/mol. The van der Waals surface area contributed by atoms with Crippen molar-refractivity contribution >= 4 is 11.9 Å². The molecule has 0 aromatic carbocycles. The maximum Gasteiger partial charge on any atom is 0.354 e. The largest absolute Gasteiger partial charge is 0.477 e. The minimum Gasteiger partial charge on any atom is -0.477 e. The van der Waals surface area contributed by atoms with Gasteiger partial charge in [0.25, 0.3) is 5.91 Å². The van der Waals surface area contributed by atoms with Crippen molar-refractivity contribution in [1.82, 2.24) is 10.3 Å². The van der Waals surface area contributed by atoms with Gasteiger partial charge < -0.3 is 15.5 Å². The zero-order chi connectivity index (χ0) is 14.5. The zero-order valence-electron chi connectivity index (χ0n) is 11.1. The Morgan fingerprint density at radius 3 is 2.60 bits per heavy atom. The van der Waals surface area contributed by atoms with Crippen LogP contribution >= 0.6 is 0 Å². The molecule has 20 heavy (non-hydrogen) atoms. The van der Waals surface area contributed by atoms with Gasteiger partial charge in [-0.1, -0.05) is 25.3 Å². The maximum absolute atomic E-state index is 12.1. The Labute approximate surface area is 116 Å². The Balaban J connectivity index is 2.07. The summed E-state index contributed by atoms with van der Waals surface area (Å²) in [4.78, 5) is 26.7. The Kier molecular flexibility index (Phi) is 4.68. The number of rotatable bonds is 3. The summed E-state index contributed by atoms with van der Waals surface area (Å²) in [6.45, 7) is 0. The summed E-state index contributed by atoms with van der Waals surface area (Å²) >= 11 is 0. The molecule has 1 aromatic heterocycles. The molecule has 0 aliphatic heterocycles. The van der Waals surface area contributed by atoms with Crippen molar-refractivity contribution < 1.29 is 19.8 Å². The second-order valence-electron chi connectivity index (χ2n) is 5.00. The fraction of sp³-hybridized carbons (Fsp3) is 0.500. The first-order valence-corrected chi connectivity index (χ1v) is 6.77. The van der Waals surface area contributed by atoms with E-state index in [0.29, 0.717) is 6.42 Å². The summed E-state index contributed by atoms with van der Waals surface area (Å²) in [5.41, 5.74) is -0.111. The number of carboxylic acids is 1. The predicted molar refractivity (Wildman–Crippen MR) is 71.5 cm³/mol. The highest BCUT2D eigenvalue weighted by molar-refractivity contribution is 5.94. The van der Waals surface area contributed by atoms with E-state index in [0.717, 1.165) is 25.7 Å². The van der Waals surface area contributed by atoms with Gasteiger partial charge in [0.15, 0.2) is 0 Å². The molecule has 2 atom stereocenters. The Morgan fingerprint density at radius 1 is 1.15 bits per heavy atom. The molecule has 108 valence electrons. The van der Waals surface area contributed by atoms with E-state index in [2.05, 4.69) is 10.3 Å². The lowest BCUT2D eigenvalue weighted by Gasteiger charge is -2.21. The first kappa shape index (κ1) is 14.5. The highest BCUT2D eigenvalue weighted by atomic mass is 16.4. The van der Waals surface area contributed by atoms with Crippen molar-refractivity contribution in [3.8, 4) is 0 Å². The van der Waals surface area contributed by atoms with Crippen LogP contribution in [0.1, 0.15) is 53.1 Å². The first-order valence-electron chi connectivity index (χ1n) is 6.77. The minimum atomic E-state index is -1.17. The second-order valence-corrected chi connectivity index (χ2v) is 5.00. The molecule has 1 amide bonds. The number of hydrogen-bond acceptors (Lipinski definition) is 4. The van der Waals surface area contributed by atoms with Crippen molar-refractivity contribution in [2.45, 2.75) is 44.2 Å². The van der Waals surface area contributed by atoms with Crippen molar-refractivity contribution in [1.29, 1.82) is 0 Å². The second kappa shape index (κ2) is 6.47. The van der Waals surface area contributed by atoms with E-state index >= 15 is 0 Å². The molecule has 0 saturated heterocycles. The Bertz CT molecular complexity index is 504. The van der Waals surface area contributed by atoms with E-state index in [1.54, 1.807) is 0 Å².